The first-order chi connectivity index (χ1) is 15.0. The molecule has 4 aromatic rings. The first-order valence-electron chi connectivity index (χ1n) is 9.89. The third kappa shape index (κ3) is 3.77. The van der Waals surface area contributed by atoms with E-state index in [1.54, 1.807) is 23.8 Å². The predicted molar refractivity (Wildman–Crippen MR) is 116 cm³/mol. The van der Waals surface area contributed by atoms with E-state index in [2.05, 4.69) is 30.7 Å². The van der Waals surface area contributed by atoms with Crippen molar-refractivity contribution in [2.24, 2.45) is 0 Å². The molecular formula is C20H21N7O3S. The van der Waals surface area contributed by atoms with Gasteiger partial charge in [-0.25, -0.2) is 4.98 Å². The van der Waals surface area contributed by atoms with E-state index in [1.165, 1.54) is 11.3 Å². The molecule has 1 aliphatic heterocycles. The summed E-state index contributed by atoms with van der Waals surface area (Å²) in [4.78, 5) is 5.62. The number of anilines is 1. The third-order valence-corrected chi connectivity index (χ3v) is 6.32. The molecule has 0 atom stereocenters. The van der Waals surface area contributed by atoms with Gasteiger partial charge in [0.1, 0.15) is 0 Å². The van der Waals surface area contributed by atoms with Gasteiger partial charge in [0, 0.05) is 28.9 Å². The van der Waals surface area contributed by atoms with E-state index < -0.39 is 6.10 Å². The molecule has 10 nitrogen and oxygen atoms in total. The summed E-state index contributed by atoms with van der Waals surface area (Å²) in [7, 11) is 0. The van der Waals surface area contributed by atoms with Crippen molar-refractivity contribution in [3.05, 3.63) is 42.2 Å². The Morgan fingerprint density at radius 1 is 1.03 bits per heavy atom. The number of hydrogen-bond acceptors (Lipinski definition) is 10. The van der Waals surface area contributed by atoms with Crippen LogP contribution in [0.2, 0.25) is 0 Å². The molecule has 1 aliphatic rings. The normalized spacial score (nSPS) is 15.5. The largest absolute Gasteiger partial charge is 0.371 e. The van der Waals surface area contributed by atoms with Crippen LogP contribution in [0.1, 0.15) is 12.8 Å². The molecule has 5 rings (SSSR count). The second kappa shape index (κ2) is 7.94. The number of aromatic nitrogens is 5. The molecule has 160 valence electrons. The summed E-state index contributed by atoms with van der Waals surface area (Å²) >= 11 is 1.51. The summed E-state index contributed by atoms with van der Waals surface area (Å²) in [5, 5.41) is 48.4. The molecule has 0 unspecified atom stereocenters. The average molecular weight is 440 g/mol. The van der Waals surface area contributed by atoms with Crippen molar-refractivity contribution in [2.45, 2.75) is 25.0 Å². The summed E-state index contributed by atoms with van der Waals surface area (Å²) < 4.78 is 0.969. The van der Waals surface area contributed by atoms with Crippen LogP contribution in [0.25, 0.3) is 32.6 Å². The van der Waals surface area contributed by atoms with Gasteiger partial charge in [0.05, 0.1) is 27.6 Å². The zero-order valence-electron chi connectivity index (χ0n) is 16.4. The molecule has 31 heavy (non-hydrogen) atoms. The molecule has 1 saturated heterocycles. The number of aliphatic hydroxyl groups is 3. The van der Waals surface area contributed by atoms with Gasteiger partial charge in [0.2, 0.25) is 0 Å². The molecule has 0 radical (unpaired) electrons. The van der Waals surface area contributed by atoms with Crippen LogP contribution in [-0.4, -0.2) is 65.9 Å². The molecule has 0 bridgehead atoms. The van der Waals surface area contributed by atoms with Crippen molar-refractivity contribution in [1.29, 1.82) is 0 Å². The Morgan fingerprint density at radius 3 is 2.52 bits per heavy atom. The average Bonchev–Trinajstić information content (AvgIpc) is 3.46. The number of nitrogens with one attached hydrogen (secondary N) is 2. The zero-order valence-corrected chi connectivity index (χ0v) is 17.2. The highest BCUT2D eigenvalue weighted by Crippen LogP contribution is 2.36. The fourth-order valence-corrected chi connectivity index (χ4v) is 4.87. The first-order valence-corrected chi connectivity index (χ1v) is 10.8. The van der Waals surface area contributed by atoms with Crippen LogP contribution in [0.3, 0.4) is 0 Å². The lowest BCUT2D eigenvalue weighted by Crippen LogP contribution is -2.57. The number of H-pyrrole nitrogens is 1. The van der Waals surface area contributed by atoms with Gasteiger partial charge in [-0.15, -0.1) is 21.5 Å². The van der Waals surface area contributed by atoms with E-state index in [9.17, 15) is 15.3 Å². The van der Waals surface area contributed by atoms with Gasteiger partial charge in [0.25, 0.3) is 0 Å². The summed E-state index contributed by atoms with van der Waals surface area (Å²) in [6, 6.07) is 7.06. The Labute approximate surface area is 181 Å². The Balaban J connectivity index is 1.51. The maximum atomic E-state index is 9.94. The van der Waals surface area contributed by atoms with Crippen LogP contribution in [0, 0.1) is 0 Å². The van der Waals surface area contributed by atoms with E-state index in [4.69, 9.17) is 0 Å². The van der Waals surface area contributed by atoms with Gasteiger partial charge >= 0.3 is 6.10 Å². The number of hydrogen-bond donors (Lipinski definition) is 5. The Bertz CT molecular complexity index is 1170. The van der Waals surface area contributed by atoms with Gasteiger partial charge in [-0.3, -0.25) is 10.00 Å². The number of thiazole rings is 1. The van der Waals surface area contributed by atoms with Crippen molar-refractivity contribution >= 4 is 27.4 Å². The monoisotopic (exact) mass is 439 g/mol. The lowest BCUT2D eigenvalue weighted by Gasteiger charge is -2.39. The van der Waals surface area contributed by atoms with Crippen molar-refractivity contribution < 1.29 is 15.3 Å². The van der Waals surface area contributed by atoms with Gasteiger partial charge < -0.3 is 20.6 Å². The van der Waals surface area contributed by atoms with E-state index in [0.29, 0.717) is 18.5 Å². The maximum absolute atomic E-state index is 9.94. The van der Waals surface area contributed by atoms with E-state index in [-0.39, 0.29) is 11.9 Å². The second-order valence-corrected chi connectivity index (χ2v) is 8.26. The van der Waals surface area contributed by atoms with Gasteiger partial charge in [-0.05, 0) is 38.1 Å². The van der Waals surface area contributed by atoms with Crippen LogP contribution < -0.4 is 10.2 Å². The molecule has 5 N–H and O–H groups in total. The van der Waals surface area contributed by atoms with Crippen LogP contribution in [0.15, 0.2) is 42.2 Å². The number of benzene rings is 1. The summed E-state index contributed by atoms with van der Waals surface area (Å²) in [6.45, 7) is 1.43. The highest BCUT2D eigenvalue weighted by atomic mass is 32.1. The van der Waals surface area contributed by atoms with Crippen LogP contribution >= 0.6 is 11.3 Å². The minimum absolute atomic E-state index is 0.193. The minimum atomic E-state index is -3.02. The maximum Gasteiger partial charge on any atom is 0.371 e. The van der Waals surface area contributed by atoms with Crippen molar-refractivity contribution in [1.82, 2.24) is 30.7 Å². The molecule has 0 saturated carbocycles. The summed E-state index contributed by atoms with van der Waals surface area (Å²) in [5.41, 5.74) is 6.07. The number of aromatic amines is 1. The Kier molecular flexibility index (Phi) is 5.12. The highest BCUT2D eigenvalue weighted by molar-refractivity contribution is 7.17. The predicted octanol–water partition coefficient (Wildman–Crippen LogP) is 1.29. The highest BCUT2D eigenvalue weighted by Gasteiger charge is 2.37. The lowest BCUT2D eigenvalue weighted by atomic mass is 10.0. The molecule has 0 aliphatic carbocycles. The lowest BCUT2D eigenvalue weighted by molar-refractivity contribution is -0.313. The minimum Gasteiger partial charge on any atom is -0.325 e. The fourth-order valence-electron chi connectivity index (χ4n) is 4.03. The Morgan fingerprint density at radius 2 is 1.84 bits per heavy atom. The zero-order chi connectivity index (χ0) is 21.4. The van der Waals surface area contributed by atoms with Crippen LogP contribution in [0.5, 0.6) is 0 Å². The van der Waals surface area contributed by atoms with Crippen molar-refractivity contribution in [2.75, 3.05) is 18.0 Å². The van der Waals surface area contributed by atoms with Crippen molar-refractivity contribution in [3.63, 3.8) is 0 Å². The molecule has 3 aromatic heterocycles. The molecule has 1 aromatic carbocycles. The number of nitrogens with zero attached hydrogens (tertiary/aromatic N) is 5. The third-order valence-electron chi connectivity index (χ3n) is 5.46. The number of piperidine rings is 1. The first kappa shape index (κ1) is 20.0. The number of fused-ring (bicyclic) bond motifs is 1. The Hall–Kier alpha value is -2.96. The summed E-state index contributed by atoms with van der Waals surface area (Å²) in [5.74, 6) is 0.193. The van der Waals surface area contributed by atoms with E-state index in [0.717, 1.165) is 44.9 Å². The SMILES string of the molecule is OC(O)(O)N(c1ccc(-c2ccc(-c3cn[nH]c3)c3ncsc23)nn1)C1CCNCC1. The van der Waals surface area contributed by atoms with Crippen LogP contribution in [0.4, 0.5) is 5.82 Å². The molecular weight excluding hydrogens is 418 g/mol. The van der Waals surface area contributed by atoms with Gasteiger partial charge in [-0.2, -0.15) is 5.10 Å². The number of rotatable bonds is 5. The molecule has 4 heterocycles. The van der Waals surface area contributed by atoms with Crippen LogP contribution in [-0.2, 0) is 0 Å². The molecule has 1 fully saturated rings. The fraction of sp³-hybridized carbons (Fsp3) is 0.300. The smallest absolute Gasteiger partial charge is 0.325 e. The van der Waals surface area contributed by atoms with Crippen molar-refractivity contribution in [3.8, 4) is 22.4 Å². The van der Waals surface area contributed by atoms with E-state index in [1.807, 2.05) is 18.3 Å². The van der Waals surface area contributed by atoms with Gasteiger partial charge in [0.15, 0.2) is 5.82 Å². The topological polar surface area (TPSA) is 143 Å². The standard InChI is InChI=1S/C20H21N7O3S/c28-20(29,30)27(13-5-7-21-8-6-13)17-4-3-16(25-26-17)15-2-1-14(12-9-23-24-10-12)18-19(15)31-11-22-18/h1-4,9-11,13,21,28-30H,5-8H2,(H,23,24). The van der Waals surface area contributed by atoms with Gasteiger partial charge in [-0.1, -0.05) is 12.1 Å². The van der Waals surface area contributed by atoms with E-state index >= 15 is 0 Å². The molecule has 0 amide bonds. The quantitative estimate of drug-likeness (QED) is 0.291. The molecule has 11 heteroatoms. The second-order valence-electron chi connectivity index (χ2n) is 7.41. The molecule has 0 spiro atoms. The summed E-state index contributed by atoms with van der Waals surface area (Å²) in [6.07, 6.45) is 1.84.